The first-order valence-corrected chi connectivity index (χ1v) is 13.5. The Morgan fingerprint density at radius 2 is 1.32 bits per heavy atom. The van der Waals surface area contributed by atoms with E-state index < -0.39 is 44.1 Å². The van der Waals surface area contributed by atoms with Crippen molar-refractivity contribution >= 4 is 27.6 Å². The highest BCUT2D eigenvalue weighted by Gasteiger charge is 2.53. The number of nitrogens with zero attached hydrogens (tertiary/aromatic N) is 1. The predicted molar refractivity (Wildman–Crippen MR) is 136 cm³/mol. The zero-order valence-electron chi connectivity index (χ0n) is 21.1. The monoisotopic (exact) mass is 592 g/mol. The van der Waals surface area contributed by atoms with Crippen LogP contribution in [0.2, 0.25) is 0 Å². The molecule has 0 bridgehead atoms. The van der Waals surface area contributed by atoms with E-state index >= 15 is 0 Å². The standard InChI is InChI=1S/C27H23F3N2O8S/c28-27(29,30)19-5-7-20(8-6-19)40-21-9-11-22(12-10-21)41(38,39)26(25(36)31-37)13-15-32(16-14-26)23(33)17-1-3-18(4-2-17)24(34)35/h1-12,37H,13-16H2,(H,31,36)(H,34,35). The van der Waals surface area contributed by atoms with Gasteiger partial charge in [0.15, 0.2) is 14.6 Å². The normalized spacial score (nSPS) is 15.2. The highest BCUT2D eigenvalue weighted by atomic mass is 32.2. The van der Waals surface area contributed by atoms with Crippen LogP contribution in [0.4, 0.5) is 13.2 Å². The van der Waals surface area contributed by atoms with Crippen LogP contribution in [0.15, 0.2) is 77.7 Å². The molecule has 14 heteroatoms. The number of aromatic carboxylic acids is 1. The number of hydrogen-bond acceptors (Lipinski definition) is 7. The number of benzene rings is 3. The lowest BCUT2D eigenvalue weighted by Crippen LogP contribution is -2.58. The maximum absolute atomic E-state index is 13.7. The third kappa shape index (κ3) is 5.88. The fourth-order valence-electron chi connectivity index (χ4n) is 4.49. The maximum atomic E-state index is 13.7. The summed E-state index contributed by atoms with van der Waals surface area (Å²) in [6, 6.07) is 14.0. The minimum Gasteiger partial charge on any atom is -0.478 e. The second-order valence-electron chi connectivity index (χ2n) is 9.21. The molecule has 3 N–H and O–H groups in total. The molecule has 0 aromatic heterocycles. The van der Waals surface area contributed by atoms with Crippen LogP contribution in [-0.4, -0.2) is 59.3 Å². The molecule has 0 spiro atoms. The number of rotatable bonds is 7. The van der Waals surface area contributed by atoms with Crippen molar-refractivity contribution < 1.29 is 51.0 Å². The molecule has 0 saturated carbocycles. The van der Waals surface area contributed by atoms with Crippen molar-refractivity contribution in [2.24, 2.45) is 0 Å². The van der Waals surface area contributed by atoms with Crippen LogP contribution in [0.5, 0.6) is 11.5 Å². The van der Waals surface area contributed by atoms with E-state index in [0.29, 0.717) is 0 Å². The Morgan fingerprint density at radius 3 is 1.78 bits per heavy atom. The van der Waals surface area contributed by atoms with Gasteiger partial charge >= 0.3 is 12.1 Å². The molecule has 0 unspecified atom stereocenters. The molecule has 0 aliphatic carbocycles. The Kier molecular flexibility index (Phi) is 8.08. The molecule has 41 heavy (non-hydrogen) atoms. The molecule has 1 aliphatic heterocycles. The summed E-state index contributed by atoms with van der Waals surface area (Å²) in [4.78, 5) is 37.8. The number of piperidine rings is 1. The van der Waals surface area contributed by atoms with Crippen LogP contribution in [0.1, 0.15) is 39.1 Å². The first-order chi connectivity index (χ1) is 19.3. The lowest BCUT2D eigenvalue weighted by Gasteiger charge is -2.39. The van der Waals surface area contributed by atoms with Crippen molar-refractivity contribution in [1.82, 2.24) is 10.4 Å². The van der Waals surface area contributed by atoms with Gasteiger partial charge in [0.25, 0.3) is 11.8 Å². The summed E-state index contributed by atoms with van der Waals surface area (Å²) in [6.45, 7) is -0.303. The van der Waals surface area contributed by atoms with Gasteiger partial charge in [0.1, 0.15) is 11.5 Å². The fraction of sp³-hybridized carbons (Fsp3) is 0.222. The molecule has 1 fully saturated rings. The molecule has 2 amide bonds. The van der Waals surface area contributed by atoms with E-state index in [4.69, 9.17) is 9.84 Å². The number of amides is 2. The van der Waals surface area contributed by atoms with Crippen molar-refractivity contribution in [2.45, 2.75) is 28.7 Å². The van der Waals surface area contributed by atoms with Gasteiger partial charge in [-0.25, -0.2) is 18.7 Å². The molecule has 3 aromatic carbocycles. The molecule has 0 radical (unpaired) electrons. The number of hydrogen-bond donors (Lipinski definition) is 3. The number of sulfone groups is 1. The highest BCUT2D eigenvalue weighted by molar-refractivity contribution is 7.93. The summed E-state index contributed by atoms with van der Waals surface area (Å²) in [5.74, 6) is -2.60. The third-order valence-corrected chi connectivity index (χ3v) is 9.33. The van der Waals surface area contributed by atoms with Gasteiger partial charge in [0.05, 0.1) is 16.0 Å². The number of carbonyl (C=O) groups is 3. The molecular weight excluding hydrogens is 569 g/mol. The Labute approximate surface area is 231 Å². The van der Waals surface area contributed by atoms with Crippen LogP contribution >= 0.6 is 0 Å². The van der Waals surface area contributed by atoms with Gasteiger partial charge in [0.2, 0.25) is 0 Å². The number of carboxylic acid groups (broad SMARTS) is 1. The lowest BCUT2D eigenvalue weighted by molar-refractivity contribution is -0.137. The molecular formula is C27H23F3N2O8S. The van der Waals surface area contributed by atoms with Crippen LogP contribution in [0.25, 0.3) is 0 Å². The largest absolute Gasteiger partial charge is 0.478 e. The van der Waals surface area contributed by atoms with Crippen molar-refractivity contribution in [3.63, 3.8) is 0 Å². The summed E-state index contributed by atoms with van der Waals surface area (Å²) in [6.07, 6.45) is -5.20. The summed E-state index contributed by atoms with van der Waals surface area (Å²) >= 11 is 0. The molecule has 10 nitrogen and oxygen atoms in total. The number of hydroxylamine groups is 1. The van der Waals surface area contributed by atoms with E-state index in [1.165, 1.54) is 58.9 Å². The number of carboxylic acids is 1. The van der Waals surface area contributed by atoms with E-state index in [9.17, 15) is 41.2 Å². The summed E-state index contributed by atoms with van der Waals surface area (Å²) in [5, 5.41) is 18.4. The van der Waals surface area contributed by atoms with Crippen LogP contribution in [-0.2, 0) is 20.8 Å². The van der Waals surface area contributed by atoms with Crippen LogP contribution in [0, 0.1) is 0 Å². The van der Waals surface area contributed by atoms with Gasteiger partial charge in [-0.3, -0.25) is 14.8 Å². The third-order valence-electron chi connectivity index (χ3n) is 6.82. The quantitative estimate of drug-likeness (QED) is 0.274. The molecule has 1 aliphatic rings. The van der Waals surface area contributed by atoms with Crippen molar-refractivity contribution in [1.29, 1.82) is 0 Å². The number of carbonyl (C=O) groups excluding carboxylic acids is 2. The number of nitrogens with one attached hydrogen (secondary N) is 1. The molecule has 0 atom stereocenters. The Morgan fingerprint density at radius 1 is 0.829 bits per heavy atom. The average molecular weight is 593 g/mol. The predicted octanol–water partition coefficient (Wildman–Crippen LogP) is 4.15. The first kappa shape index (κ1) is 29.6. The average Bonchev–Trinajstić information content (AvgIpc) is 2.96. The minimum atomic E-state index is -4.51. The summed E-state index contributed by atoms with van der Waals surface area (Å²) in [5.41, 5.74) is 0.730. The lowest BCUT2D eigenvalue weighted by atomic mass is 9.94. The summed E-state index contributed by atoms with van der Waals surface area (Å²) in [7, 11) is -4.43. The number of ether oxygens (including phenoxy) is 1. The zero-order chi connectivity index (χ0) is 30.0. The fourth-order valence-corrected chi connectivity index (χ4v) is 6.44. The maximum Gasteiger partial charge on any atom is 0.416 e. The van der Waals surface area contributed by atoms with Crippen molar-refractivity contribution in [2.75, 3.05) is 13.1 Å². The van der Waals surface area contributed by atoms with Crippen molar-refractivity contribution in [3.8, 4) is 11.5 Å². The number of alkyl halides is 3. The molecule has 1 saturated heterocycles. The smallest absolute Gasteiger partial charge is 0.416 e. The second-order valence-corrected chi connectivity index (χ2v) is 11.5. The van der Waals surface area contributed by atoms with Crippen LogP contribution in [0.3, 0.4) is 0 Å². The molecule has 4 rings (SSSR count). The SMILES string of the molecule is O=C(O)c1ccc(C(=O)N2CCC(C(=O)NO)(S(=O)(=O)c3ccc(Oc4ccc(C(F)(F)F)cc4)cc3)CC2)cc1. The van der Waals surface area contributed by atoms with E-state index in [-0.39, 0.29) is 53.5 Å². The van der Waals surface area contributed by atoms with Gasteiger partial charge in [0, 0.05) is 18.7 Å². The molecule has 216 valence electrons. The van der Waals surface area contributed by atoms with Gasteiger partial charge in [-0.15, -0.1) is 0 Å². The summed E-state index contributed by atoms with van der Waals surface area (Å²) < 4.78 is 69.0. The first-order valence-electron chi connectivity index (χ1n) is 12.1. The van der Waals surface area contributed by atoms with Crippen LogP contribution < -0.4 is 10.2 Å². The Bertz CT molecular complexity index is 1550. The Hall–Kier alpha value is -4.43. The number of halogens is 3. The molecule has 3 aromatic rings. The minimum absolute atomic E-state index is 0.0132. The van der Waals surface area contributed by atoms with Gasteiger partial charge in [-0.2, -0.15) is 13.2 Å². The van der Waals surface area contributed by atoms with Gasteiger partial charge in [-0.05, 0) is 85.6 Å². The van der Waals surface area contributed by atoms with Crippen molar-refractivity contribution in [3.05, 3.63) is 89.5 Å². The van der Waals surface area contributed by atoms with Gasteiger partial charge < -0.3 is 14.7 Å². The second kappa shape index (κ2) is 11.2. The molecule has 1 heterocycles. The number of likely N-dealkylation sites (tertiary alicyclic amines) is 1. The van der Waals surface area contributed by atoms with Gasteiger partial charge in [-0.1, -0.05) is 0 Å². The van der Waals surface area contributed by atoms with E-state index in [1.54, 1.807) is 0 Å². The van der Waals surface area contributed by atoms with E-state index in [2.05, 4.69) is 0 Å². The zero-order valence-corrected chi connectivity index (χ0v) is 21.9. The van der Waals surface area contributed by atoms with E-state index in [1.807, 2.05) is 0 Å². The van der Waals surface area contributed by atoms with E-state index in [0.717, 1.165) is 24.3 Å². The topological polar surface area (TPSA) is 150 Å². The highest BCUT2D eigenvalue weighted by Crippen LogP contribution is 2.37. The Balaban J connectivity index is 1.51.